The van der Waals surface area contributed by atoms with Crippen LogP contribution in [0.25, 0.3) is 22.2 Å². The third-order valence-corrected chi connectivity index (χ3v) is 11.8. The van der Waals surface area contributed by atoms with Crippen LogP contribution in [0.3, 0.4) is 0 Å². The van der Waals surface area contributed by atoms with Crippen LogP contribution in [0.5, 0.6) is 0 Å². The van der Waals surface area contributed by atoms with Gasteiger partial charge < -0.3 is 20.7 Å². The molecule has 290 valence electrons. The summed E-state index contributed by atoms with van der Waals surface area (Å²) in [6.45, 7) is 10.8. The smallest absolute Gasteiger partial charge is 0.251 e. The van der Waals surface area contributed by atoms with Gasteiger partial charge in [-0.2, -0.15) is 5.10 Å². The number of anilines is 1. The number of aryl methyl sites for hydroxylation is 2. The molecular weight excluding hydrogens is 720 g/mol. The quantitative estimate of drug-likeness (QED) is 0.120. The number of piperazine rings is 1. The number of nitrogens with one attached hydrogen (secondary N) is 4. The number of rotatable bonds is 14. The first-order chi connectivity index (χ1) is 26.7. The van der Waals surface area contributed by atoms with Crippen LogP contribution in [0, 0.1) is 5.82 Å². The Labute approximate surface area is 321 Å². The molecule has 0 aliphatic carbocycles. The van der Waals surface area contributed by atoms with Crippen LogP contribution >= 0.6 is 0 Å². The van der Waals surface area contributed by atoms with Gasteiger partial charge in [0.15, 0.2) is 5.65 Å². The molecule has 55 heavy (non-hydrogen) atoms. The molecule has 0 bridgehead atoms. The number of fused-ring (bicyclic) bond motifs is 1. The molecular formula is C41H49FN8O4S. The molecule has 2 aliphatic heterocycles. The zero-order valence-corrected chi connectivity index (χ0v) is 32.2. The summed E-state index contributed by atoms with van der Waals surface area (Å²) in [4.78, 5) is 20.9. The van der Waals surface area contributed by atoms with E-state index in [1.165, 1.54) is 18.2 Å². The molecule has 1 amide bonds. The van der Waals surface area contributed by atoms with Crippen molar-refractivity contribution in [2.75, 3.05) is 44.7 Å². The number of halogens is 1. The van der Waals surface area contributed by atoms with E-state index in [-0.39, 0.29) is 35.4 Å². The third-order valence-electron chi connectivity index (χ3n) is 10.4. The molecule has 0 radical (unpaired) electrons. The summed E-state index contributed by atoms with van der Waals surface area (Å²) < 4.78 is 52.3. The van der Waals surface area contributed by atoms with Gasteiger partial charge in [0, 0.05) is 94.0 Å². The number of nitrogens with zero attached hydrogens (tertiary/aromatic N) is 4. The average molecular weight is 769 g/mol. The van der Waals surface area contributed by atoms with Gasteiger partial charge in [-0.1, -0.05) is 37.3 Å². The van der Waals surface area contributed by atoms with E-state index in [0.717, 1.165) is 84.7 Å². The highest BCUT2D eigenvalue weighted by Crippen LogP contribution is 2.32. The summed E-state index contributed by atoms with van der Waals surface area (Å²) in [5.74, 6) is -0.795. The predicted octanol–water partition coefficient (Wildman–Crippen LogP) is 5.22. The Morgan fingerprint density at radius 2 is 1.78 bits per heavy atom. The molecule has 0 unspecified atom stereocenters. The molecule has 12 nitrogen and oxygen atoms in total. The number of sulfonamides is 1. The van der Waals surface area contributed by atoms with E-state index < -0.39 is 15.9 Å². The lowest BCUT2D eigenvalue weighted by atomic mass is 10.00. The molecule has 4 heterocycles. The minimum Gasteiger partial charge on any atom is -0.381 e. The second-order valence-corrected chi connectivity index (χ2v) is 15.8. The first-order valence-corrected chi connectivity index (χ1v) is 20.6. The molecule has 7 rings (SSSR count). The lowest BCUT2D eigenvalue weighted by molar-refractivity contribution is 0.0904. The Kier molecular flexibility index (Phi) is 12.2. The first kappa shape index (κ1) is 38.5. The molecule has 2 aliphatic rings. The van der Waals surface area contributed by atoms with E-state index >= 15 is 4.39 Å². The van der Waals surface area contributed by atoms with Gasteiger partial charge in [0.05, 0.1) is 22.2 Å². The van der Waals surface area contributed by atoms with Crippen LogP contribution in [0.4, 0.5) is 10.1 Å². The van der Waals surface area contributed by atoms with Crippen molar-refractivity contribution in [2.24, 2.45) is 0 Å². The van der Waals surface area contributed by atoms with Gasteiger partial charge >= 0.3 is 0 Å². The topological polar surface area (TPSA) is 143 Å². The molecule has 0 saturated carbocycles. The number of hydrogen-bond donors (Lipinski definition) is 4. The van der Waals surface area contributed by atoms with Gasteiger partial charge in [-0.15, -0.1) is 0 Å². The van der Waals surface area contributed by atoms with Gasteiger partial charge in [0.25, 0.3) is 5.91 Å². The fourth-order valence-corrected chi connectivity index (χ4v) is 8.37. The van der Waals surface area contributed by atoms with E-state index in [1.807, 2.05) is 49.0 Å². The predicted molar refractivity (Wildman–Crippen MR) is 212 cm³/mol. The Bertz CT molecular complexity index is 2250. The number of benzene rings is 3. The highest BCUT2D eigenvalue weighted by Gasteiger charge is 2.23. The fourth-order valence-electron chi connectivity index (χ4n) is 7.31. The molecule has 4 N–H and O–H groups in total. The van der Waals surface area contributed by atoms with E-state index in [9.17, 15) is 13.2 Å². The van der Waals surface area contributed by atoms with E-state index in [1.54, 1.807) is 24.3 Å². The number of carbonyl (C=O) groups is 1. The summed E-state index contributed by atoms with van der Waals surface area (Å²) >= 11 is 0. The molecule has 2 saturated heterocycles. The largest absolute Gasteiger partial charge is 0.381 e. The van der Waals surface area contributed by atoms with Crippen LogP contribution in [-0.2, 0) is 47.4 Å². The lowest BCUT2D eigenvalue weighted by Crippen LogP contribution is -2.42. The summed E-state index contributed by atoms with van der Waals surface area (Å²) in [7, 11) is -4.02. The van der Waals surface area contributed by atoms with Gasteiger partial charge in [-0.3, -0.25) is 9.69 Å². The van der Waals surface area contributed by atoms with Crippen molar-refractivity contribution >= 4 is 32.7 Å². The van der Waals surface area contributed by atoms with Crippen molar-refractivity contribution in [2.45, 2.75) is 70.2 Å². The number of aromatic nitrogens is 3. The zero-order valence-electron chi connectivity index (χ0n) is 31.4. The van der Waals surface area contributed by atoms with Crippen LogP contribution in [0.2, 0.25) is 0 Å². The average Bonchev–Trinajstić information content (AvgIpc) is 3.63. The van der Waals surface area contributed by atoms with E-state index in [2.05, 4.69) is 30.7 Å². The van der Waals surface area contributed by atoms with E-state index in [0.29, 0.717) is 37.3 Å². The maximum Gasteiger partial charge on any atom is 0.251 e. The van der Waals surface area contributed by atoms with Gasteiger partial charge in [-0.25, -0.2) is 27.2 Å². The monoisotopic (exact) mass is 768 g/mol. The highest BCUT2D eigenvalue weighted by atomic mass is 32.2. The first-order valence-electron chi connectivity index (χ1n) is 19.1. The Morgan fingerprint density at radius 3 is 2.56 bits per heavy atom. The normalized spacial score (nSPS) is 15.7. The molecule has 0 spiro atoms. The summed E-state index contributed by atoms with van der Waals surface area (Å²) in [6, 6.07) is 18.6. The number of amides is 1. The summed E-state index contributed by atoms with van der Waals surface area (Å²) in [5.41, 5.74) is 6.47. The molecule has 5 aromatic rings. The second-order valence-electron chi connectivity index (χ2n) is 14.1. The SMILES string of the molecule is CCc1nc2c(cnn2CC)c(NC2CCOCC2)c1CNC(=O)c1cccc(S(=O)(=O)NCc2ccc(F)c(-c3cccc(CN4CCNCC4)c3)c2)c1. The second kappa shape index (κ2) is 17.4. The van der Waals surface area contributed by atoms with Gasteiger partial charge in [-0.05, 0) is 79.3 Å². The van der Waals surface area contributed by atoms with Crippen molar-refractivity contribution in [1.82, 2.24) is 35.0 Å². The standard InChI is InChI=1S/C41H49FN8O4S/c1-3-38-35(39(47-32-13-19-54-20-14-32)36-26-45-50(4-2)40(36)48-38)25-44-41(51)31-9-6-10-33(23-31)55(52,53)46-24-28-11-12-37(42)34(22-28)30-8-5-7-29(21-30)27-49-17-15-43-16-18-49/h5-12,21-23,26,32,43,46H,3-4,13-20,24-25,27H2,1-2H3,(H,44,51)(H,47,48). The molecule has 0 atom stereocenters. The number of hydrogen-bond acceptors (Lipinski definition) is 9. The van der Waals surface area contributed by atoms with E-state index in [4.69, 9.17) is 9.72 Å². The Balaban J connectivity index is 1.04. The zero-order chi connectivity index (χ0) is 38.4. The summed E-state index contributed by atoms with van der Waals surface area (Å²) in [5, 5.41) is 15.5. The van der Waals surface area contributed by atoms with Crippen molar-refractivity contribution in [3.8, 4) is 11.1 Å². The number of ether oxygens (including phenoxy) is 1. The van der Waals surface area contributed by atoms with Crippen molar-refractivity contribution < 1.29 is 22.3 Å². The van der Waals surface area contributed by atoms with Gasteiger partial charge in [0.2, 0.25) is 10.0 Å². The Morgan fingerprint density at radius 1 is 0.982 bits per heavy atom. The summed E-state index contributed by atoms with van der Waals surface area (Å²) in [6.07, 6.45) is 4.19. The Hall–Kier alpha value is -4.73. The van der Waals surface area contributed by atoms with Crippen molar-refractivity contribution in [3.63, 3.8) is 0 Å². The van der Waals surface area contributed by atoms with Crippen molar-refractivity contribution in [1.29, 1.82) is 0 Å². The van der Waals surface area contributed by atoms with Crippen LogP contribution in [-0.4, -0.2) is 79.4 Å². The third kappa shape index (κ3) is 9.05. The molecule has 3 aromatic carbocycles. The lowest BCUT2D eigenvalue weighted by Gasteiger charge is -2.27. The highest BCUT2D eigenvalue weighted by molar-refractivity contribution is 7.89. The molecule has 14 heteroatoms. The van der Waals surface area contributed by atoms with Crippen LogP contribution < -0.4 is 20.7 Å². The number of pyridine rings is 1. The molecule has 2 fully saturated rings. The minimum absolute atomic E-state index is 0.0470. The van der Waals surface area contributed by atoms with Crippen LogP contribution in [0.1, 0.15) is 59.4 Å². The maximum atomic E-state index is 15.1. The maximum absolute atomic E-state index is 15.1. The van der Waals surface area contributed by atoms with Gasteiger partial charge in [0.1, 0.15) is 5.82 Å². The minimum atomic E-state index is -4.02. The van der Waals surface area contributed by atoms with Crippen molar-refractivity contribution in [3.05, 3.63) is 107 Å². The van der Waals surface area contributed by atoms with Crippen LogP contribution in [0.15, 0.2) is 77.8 Å². The fraction of sp³-hybridized carbons (Fsp3) is 0.390. The number of carbonyl (C=O) groups excluding carboxylic acids is 1. The molecule has 2 aromatic heterocycles.